The number of rotatable bonds is 6. The van der Waals surface area contributed by atoms with E-state index in [0.29, 0.717) is 28.3 Å². The monoisotopic (exact) mass is 349 g/mol. The Morgan fingerprint density at radius 1 is 1.04 bits per heavy atom. The van der Waals surface area contributed by atoms with E-state index in [0.717, 1.165) is 12.1 Å². The highest BCUT2D eigenvalue weighted by Gasteiger charge is 2.27. The number of nitrogens with two attached hydrogens (primary N) is 2. The molecular formula is C21H23N3O2. The summed E-state index contributed by atoms with van der Waals surface area (Å²) in [6, 6.07) is 16.0. The highest BCUT2D eigenvalue weighted by molar-refractivity contribution is 6.09. The van der Waals surface area contributed by atoms with Crippen molar-refractivity contribution in [2.24, 2.45) is 0 Å². The molecule has 5 nitrogen and oxygen atoms in total. The molecule has 0 amide bonds. The van der Waals surface area contributed by atoms with Crippen LogP contribution in [0.2, 0.25) is 0 Å². The molecular weight excluding hydrogens is 326 g/mol. The maximum atomic E-state index is 12.6. The fourth-order valence-electron chi connectivity index (χ4n) is 2.79. The third-order valence-electron chi connectivity index (χ3n) is 4.65. The lowest BCUT2D eigenvalue weighted by molar-refractivity contribution is 0.0784. The van der Waals surface area contributed by atoms with Gasteiger partial charge in [-0.05, 0) is 67.9 Å². The number of ketones is 1. The summed E-state index contributed by atoms with van der Waals surface area (Å²) in [7, 11) is 0. The van der Waals surface area contributed by atoms with E-state index in [1.807, 2.05) is 37.4 Å². The van der Waals surface area contributed by atoms with Crippen molar-refractivity contribution >= 4 is 17.2 Å². The van der Waals surface area contributed by atoms with Gasteiger partial charge in [0, 0.05) is 17.3 Å². The lowest BCUT2D eigenvalue weighted by atomic mass is 9.98. The number of anilines is 2. The highest BCUT2D eigenvalue weighted by atomic mass is 16.5. The van der Waals surface area contributed by atoms with Crippen LogP contribution in [0.1, 0.15) is 41.9 Å². The van der Waals surface area contributed by atoms with E-state index in [2.05, 4.69) is 11.9 Å². The summed E-state index contributed by atoms with van der Waals surface area (Å²) >= 11 is 0. The highest BCUT2D eigenvalue weighted by Crippen LogP contribution is 2.30. The molecule has 0 saturated heterocycles. The van der Waals surface area contributed by atoms with Gasteiger partial charge >= 0.3 is 0 Å². The van der Waals surface area contributed by atoms with Crippen LogP contribution in [0.5, 0.6) is 5.75 Å². The Hall–Kier alpha value is -3.21. The standard InChI is InChI=1S/C21H23N3O2/c1-3-21(2,19-5-4-12-24-19)26-16-9-6-14(7-10-16)20(25)15-8-11-17(22)18(23)13-15/h4-13,24H,3,22-23H2,1-2H3. The predicted octanol–water partition coefficient (Wildman–Crippen LogP) is 4.11. The molecule has 5 N–H and O–H groups in total. The second-order valence-electron chi connectivity index (χ2n) is 6.47. The van der Waals surface area contributed by atoms with Crippen LogP contribution in [0.3, 0.4) is 0 Å². The number of aromatic amines is 1. The predicted molar refractivity (Wildman–Crippen MR) is 104 cm³/mol. The van der Waals surface area contributed by atoms with E-state index < -0.39 is 5.60 Å². The summed E-state index contributed by atoms with van der Waals surface area (Å²) in [5.41, 5.74) is 14.0. The number of benzene rings is 2. The normalized spacial score (nSPS) is 13.2. The molecule has 3 aromatic rings. The van der Waals surface area contributed by atoms with Crippen LogP contribution >= 0.6 is 0 Å². The summed E-state index contributed by atoms with van der Waals surface area (Å²) in [6.07, 6.45) is 2.69. The van der Waals surface area contributed by atoms with E-state index >= 15 is 0 Å². The molecule has 1 unspecified atom stereocenters. The van der Waals surface area contributed by atoms with Gasteiger partial charge in [-0.25, -0.2) is 0 Å². The van der Waals surface area contributed by atoms with Crippen molar-refractivity contribution in [3.63, 3.8) is 0 Å². The Kier molecular flexibility index (Phi) is 4.71. The van der Waals surface area contributed by atoms with Crippen LogP contribution in [0.25, 0.3) is 0 Å². The van der Waals surface area contributed by atoms with Gasteiger partial charge < -0.3 is 21.2 Å². The van der Waals surface area contributed by atoms with Crippen LogP contribution in [-0.2, 0) is 5.60 Å². The topological polar surface area (TPSA) is 94.1 Å². The fraction of sp³-hybridized carbons (Fsp3) is 0.190. The molecule has 1 atom stereocenters. The second kappa shape index (κ2) is 6.96. The molecule has 0 spiro atoms. The third kappa shape index (κ3) is 3.42. The van der Waals surface area contributed by atoms with Gasteiger partial charge in [-0.2, -0.15) is 0 Å². The molecule has 1 aromatic heterocycles. The van der Waals surface area contributed by atoms with E-state index in [1.54, 1.807) is 30.3 Å². The number of aromatic nitrogens is 1. The number of hydrogen-bond donors (Lipinski definition) is 3. The molecule has 5 heteroatoms. The van der Waals surface area contributed by atoms with E-state index in [9.17, 15) is 4.79 Å². The lowest BCUT2D eigenvalue weighted by Crippen LogP contribution is -2.29. The van der Waals surface area contributed by atoms with E-state index in [1.165, 1.54) is 0 Å². The SMILES string of the molecule is CCC(C)(Oc1ccc(C(=O)c2ccc(N)c(N)c2)cc1)c1ccc[nH]1. The Balaban J connectivity index is 1.80. The Bertz CT molecular complexity index is 902. The van der Waals surface area contributed by atoms with Crippen LogP contribution in [0, 0.1) is 0 Å². The first-order valence-corrected chi connectivity index (χ1v) is 8.55. The van der Waals surface area contributed by atoms with E-state index in [4.69, 9.17) is 16.2 Å². The van der Waals surface area contributed by atoms with E-state index in [-0.39, 0.29) is 5.78 Å². The average Bonchev–Trinajstić information content (AvgIpc) is 3.19. The molecule has 3 rings (SSSR count). The van der Waals surface area contributed by atoms with Gasteiger partial charge in [0.15, 0.2) is 5.78 Å². The fourth-order valence-corrected chi connectivity index (χ4v) is 2.79. The van der Waals surface area contributed by atoms with Gasteiger partial charge in [-0.3, -0.25) is 4.79 Å². The molecule has 134 valence electrons. The zero-order valence-electron chi connectivity index (χ0n) is 15.0. The molecule has 2 aromatic carbocycles. The van der Waals surface area contributed by atoms with Crippen LogP contribution in [-0.4, -0.2) is 10.8 Å². The summed E-state index contributed by atoms with van der Waals surface area (Å²) in [6.45, 7) is 4.11. The van der Waals surface area contributed by atoms with Gasteiger partial charge in [-0.15, -0.1) is 0 Å². The molecule has 0 aliphatic carbocycles. The zero-order valence-corrected chi connectivity index (χ0v) is 15.0. The number of nitrogens with one attached hydrogen (secondary N) is 1. The van der Waals surface area contributed by atoms with Crippen molar-refractivity contribution in [3.05, 3.63) is 77.6 Å². The van der Waals surface area contributed by atoms with Crippen molar-refractivity contribution in [3.8, 4) is 5.75 Å². The minimum Gasteiger partial charge on any atom is -0.481 e. The third-order valence-corrected chi connectivity index (χ3v) is 4.65. The van der Waals surface area contributed by atoms with Crippen molar-refractivity contribution in [2.45, 2.75) is 25.9 Å². The van der Waals surface area contributed by atoms with Crippen molar-refractivity contribution in [1.29, 1.82) is 0 Å². The Morgan fingerprint density at radius 3 is 2.31 bits per heavy atom. The first kappa shape index (κ1) is 17.6. The van der Waals surface area contributed by atoms with Gasteiger partial charge in [0.25, 0.3) is 0 Å². The van der Waals surface area contributed by atoms with Gasteiger partial charge in [0.05, 0.1) is 17.1 Å². The zero-order chi connectivity index (χ0) is 18.7. The molecule has 0 saturated carbocycles. The first-order valence-electron chi connectivity index (χ1n) is 8.55. The molecule has 0 fully saturated rings. The van der Waals surface area contributed by atoms with Gasteiger partial charge in [0.2, 0.25) is 0 Å². The Labute approximate surface area is 153 Å². The largest absolute Gasteiger partial charge is 0.481 e. The van der Waals surface area contributed by atoms with Crippen molar-refractivity contribution in [1.82, 2.24) is 4.98 Å². The summed E-state index contributed by atoms with van der Waals surface area (Å²) < 4.78 is 6.19. The first-order chi connectivity index (χ1) is 12.4. The number of carbonyl (C=O) groups is 1. The maximum Gasteiger partial charge on any atom is 0.193 e. The molecule has 0 aliphatic rings. The summed E-state index contributed by atoms with van der Waals surface area (Å²) in [5, 5.41) is 0. The number of carbonyl (C=O) groups excluding carboxylic acids is 1. The summed E-state index contributed by atoms with van der Waals surface area (Å²) in [5.74, 6) is 0.600. The summed E-state index contributed by atoms with van der Waals surface area (Å²) in [4.78, 5) is 15.8. The Morgan fingerprint density at radius 2 is 1.73 bits per heavy atom. The molecule has 26 heavy (non-hydrogen) atoms. The van der Waals surface area contributed by atoms with Gasteiger partial charge in [-0.1, -0.05) is 6.92 Å². The van der Waals surface area contributed by atoms with Gasteiger partial charge in [0.1, 0.15) is 11.4 Å². The second-order valence-corrected chi connectivity index (χ2v) is 6.47. The van der Waals surface area contributed by atoms with Crippen LogP contribution in [0.4, 0.5) is 11.4 Å². The quantitative estimate of drug-likeness (QED) is 0.461. The van der Waals surface area contributed by atoms with Crippen molar-refractivity contribution in [2.75, 3.05) is 11.5 Å². The van der Waals surface area contributed by atoms with Crippen LogP contribution < -0.4 is 16.2 Å². The number of nitrogen functional groups attached to an aromatic ring is 2. The smallest absolute Gasteiger partial charge is 0.193 e. The minimum absolute atomic E-state index is 0.106. The molecule has 0 bridgehead atoms. The minimum atomic E-state index is -0.458. The molecule has 1 heterocycles. The average molecular weight is 349 g/mol. The van der Waals surface area contributed by atoms with Crippen LogP contribution in [0.15, 0.2) is 60.8 Å². The lowest BCUT2D eigenvalue weighted by Gasteiger charge is -2.29. The molecule has 0 aliphatic heterocycles. The molecule has 0 radical (unpaired) electrons. The number of hydrogen-bond acceptors (Lipinski definition) is 4. The number of ether oxygens (including phenoxy) is 1. The maximum absolute atomic E-state index is 12.6. The number of H-pyrrole nitrogens is 1. The van der Waals surface area contributed by atoms with Crippen molar-refractivity contribution < 1.29 is 9.53 Å².